The van der Waals surface area contributed by atoms with Gasteiger partial charge in [-0.05, 0) is 5.92 Å². The van der Waals surface area contributed by atoms with Gasteiger partial charge in [-0.15, -0.1) is 0 Å². The smallest absolute Gasteiger partial charge is 0.135 e. The molecular weight excluding hydrogens is 228 g/mol. The molecule has 5 nitrogen and oxygen atoms in total. The third kappa shape index (κ3) is 4.49. The van der Waals surface area contributed by atoms with Crippen LogP contribution >= 0.6 is 0 Å². The fourth-order valence-corrected chi connectivity index (χ4v) is 1.56. The number of aromatic nitrogens is 2. The molecule has 0 aliphatic rings. The molecule has 0 fully saturated rings. The molecule has 0 amide bonds. The molecule has 0 bridgehead atoms. The third-order valence-electron chi connectivity index (χ3n) is 2.60. The van der Waals surface area contributed by atoms with Gasteiger partial charge in [-0.1, -0.05) is 20.8 Å². The first kappa shape index (κ1) is 14.7. The second-order valence-corrected chi connectivity index (χ2v) is 4.84. The van der Waals surface area contributed by atoms with Gasteiger partial charge in [0.25, 0.3) is 0 Å². The molecule has 0 aliphatic heterocycles. The molecule has 0 saturated heterocycles. The quantitative estimate of drug-likeness (QED) is 0.780. The fourth-order valence-electron chi connectivity index (χ4n) is 1.56. The van der Waals surface area contributed by atoms with E-state index in [1.165, 1.54) is 0 Å². The number of ether oxygens (including phenoxy) is 1. The van der Waals surface area contributed by atoms with Gasteiger partial charge in [0.05, 0.1) is 6.61 Å². The van der Waals surface area contributed by atoms with Gasteiger partial charge in [-0.25, -0.2) is 9.97 Å². The Morgan fingerprint density at radius 2 is 1.89 bits per heavy atom. The maximum absolute atomic E-state index is 5.11. The molecule has 1 atom stereocenters. The molecule has 1 unspecified atom stereocenters. The maximum atomic E-state index is 5.11. The van der Waals surface area contributed by atoms with Crippen molar-refractivity contribution in [3.63, 3.8) is 0 Å². The van der Waals surface area contributed by atoms with E-state index in [0.717, 1.165) is 30.6 Å². The molecule has 5 heteroatoms. The van der Waals surface area contributed by atoms with Crippen LogP contribution in [0.5, 0.6) is 0 Å². The van der Waals surface area contributed by atoms with Crippen molar-refractivity contribution in [2.45, 2.75) is 26.7 Å². The second kappa shape index (κ2) is 7.16. The predicted molar refractivity (Wildman–Crippen MR) is 75.2 cm³/mol. The zero-order valence-corrected chi connectivity index (χ0v) is 11.9. The summed E-state index contributed by atoms with van der Waals surface area (Å²) in [6, 6.07) is 1.92. The SMILES string of the molecule is CNc1cc(NCC(C)COC)nc(C(C)C)n1. The van der Waals surface area contributed by atoms with Crippen molar-refractivity contribution in [3.05, 3.63) is 11.9 Å². The van der Waals surface area contributed by atoms with Gasteiger partial charge in [0.2, 0.25) is 0 Å². The zero-order chi connectivity index (χ0) is 13.5. The number of anilines is 2. The number of nitrogens with one attached hydrogen (secondary N) is 2. The summed E-state index contributed by atoms with van der Waals surface area (Å²) in [5, 5.41) is 6.39. The highest BCUT2D eigenvalue weighted by Gasteiger charge is 2.08. The van der Waals surface area contributed by atoms with Crippen molar-refractivity contribution in [3.8, 4) is 0 Å². The van der Waals surface area contributed by atoms with Crippen LogP contribution in [0.3, 0.4) is 0 Å². The van der Waals surface area contributed by atoms with Crippen LogP contribution in [-0.2, 0) is 4.74 Å². The van der Waals surface area contributed by atoms with E-state index >= 15 is 0 Å². The van der Waals surface area contributed by atoms with Crippen molar-refractivity contribution >= 4 is 11.6 Å². The lowest BCUT2D eigenvalue weighted by Crippen LogP contribution is -2.17. The molecule has 0 aromatic carbocycles. The molecule has 102 valence electrons. The largest absolute Gasteiger partial charge is 0.384 e. The Morgan fingerprint density at radius 3 is 2.44 bits per heavy atom. The predicted octanol–water partition coefficient (Wildman–Crippen LogP) is 2.34. The Balaban J connectivity index is 2.72. The Morgan fingerprint density at radius 1 is 1.22 bits per heavy atom. The fraction of sp³-hybridized carbons (Fsp3) is 0.692. The summed E-state index contributed by atoms with van der Waals surface area (Å²) in [6.07, 6.45) is 0. The zero-order valence-electron chi connectivity index (χ0n) is 11.9. The minimum atomic E-state index is 0.315. The Hall–Kier alpha value is -1.36. The molecule has 1 aromatic heterocycles. The Bertz CT molecular complexity index is 368. The highest BCUT2D eigenvalue weighted by atomic mass is 16.5. The minimum Gasteiger partial charge on any atom is -0.384 e. The van der Waals surface area contributed by atoms with E-state index in [1.807, 2.05) is 13.1 Å². The highest BCUT2D eigenvalue weighted by molar-refractivity contribution is 5.47. The first-order chi connectivity index (χ1) is 8.56. The lowest BCUT2D eigenvalue weighted by atomic mass is 10.2. The van der Waals surface area contributed by atoms with Crippen LogP contribution in [-0.4, -0.2) is 37.3 Å². The van der Waals surface area contributed by atoms with Crippen LogP contribution in [0.2, 0.25) is 0 Å². The molecule has 1 rings (SSSR count). The van der Waals surface area contributed by atoms with Crippen molar-refractivity contribution in [2.24, 2.45) is 5.92 Å². The summed E-state index contributed by atoms with van der Waals surface area (Å²) < 4.78 is 5.11. The van der Waals surface area contributed by atoms with E-state index in [4.69, 9.17) is 4.74 Å². The molecule has 0 saturated carbocycles. The monoisotopic (exact) mass is 252 g/mol. The maximum Gasteiger partial charge on any atom is 0.135 e. The second-order valence-electron chi connectivity index (χ2n) is 4.84. The summed E-state index contributed by atoms with van der Waals surface area (Å²) in [5.74, 6) is 3.32. The van der Waals surface area contributed by atoms with Crippen molar-refractivity contribution in [1.29, 1.82) is 0 Å². The molecule has 1 aromatic rings. The standard InChI is InChI=1S/C13H24N4O/c1-9(2)13-16-11(14-4)6-12(17-13)15-7-10(3)8-18-5/h6,9-10H,7-8H2,1-5H3,(H2,14,15,16,17). The molecular formula is C13H24N4O. The van der Waals surface area contributed by atoms with Gasteiger partial charge in [0.1, 0.15) is 17.5 Å². The highest BCUT2D eigenvalue weighted by Crippen LogP contribution is 2.16. The Labute approximate surface area is 109 Å². The van der Waals surface area contributed by atoms with E-state index in [0.29, 0.717) is 11.8 Å². The van der Waals surface area contributed by atoms with Gasteiger partial charge < -0.3 is 15.4 Å². The Kier molecular flexibility index (Phi) is 5.85. The summed E-state index contributed by atoms with van der Waals surface area (Å²) in [4.78, 5) is 8.94. The number of rotatable bonds is 7. The number of hydrogen-bond acceptors (Lipinski definition) is 5. The molecule has 0 radical (unpaired) electrons. The van der Waals surface area contributed by atoms with Gasteiger partial charge >= 0.3 is 0 Å². The summed E-state index contributed by atoms with van der Waals surface area (Å²) >= 11 is 0. The van der Waals surface area contributed by atoms with Crippen LogP contribution < -0.4 is 10.6 Å². The molecule has 18 heavy (non-hydrogen) atoms. The molecule has 0 aliphatic carbocycles. The number of hydrogen-bond donors (Lipinski definition) is 2. The van der Waals surface area contributed by atoms with Crippen LogP contribution in [0.25, 0.3) is 0 Å². The van der Waals surface area contributed by atoms with E-state index in [-0.39, 0.29) is 0 Å². The van der Waals surface area contributed by atoms with Crippen molar-refractivity contribution in [2.75, 3.05) is 37.9 Å². The van der Waals surface area contributed by atoms with Gasteiger partial charge in [0.15, 0.2) is 0 Å². The first-order valence-electron chi connectivity index (χ1n) is 6.36. The summed E-state index contributed by atoms with van der Waals surface area (Å²) in [6.45, 7) is 7.90. The van der Waals surface area contributed by atoms with E-state index in [9.17, 15) is 0 Å². The topological polar surface area (TPSA) is 59.1 Å². The van der Waals surface area contributed by atoms with Gasteiger partial charge in [-0.3, -0.25) is 0 Å². The van der Waals surface area contributed by atoms with Crippen molar-refractivity contribution < 1.29 is 4.74 Å². The summed E-state index contributed by atoms with van der Waals surface area (Å²) in [5.41, 5.74) is 0. The summed E-state index contributed by atoms with van der Waals surface area (Å²) in [7, 11) is 3.58. The van der Waals surface area contributed by atoms with Gasteiger partial charge in [-0.2, -0.15) is 0 Å². The number of methoxy groups -OCH3 is 1. The third-order valence-corrected chi connectivity index (χ3v) is 2.60. The molecule has 0 spiro atoms. The normalized spacial score (nSPS) is 12.6. The first-order valence-corrected chi connectivity index (χ1v) is 6.36. The van der Waals surface area contributed by atoms with Crippen LogP contribution in [0.4, 0.5) is 11.6 Å². The lowest BCUT2D eigenvalue weighted by Gasteiger charge is -2.14. The average Bonchev–Trinajstić information content (AvgIpc) is 2.36. The average molecular weight is 252 g/mol. The lowest BCUT2D eigenvalue weighted by molar-refractivity contribution is 0.164. The minimum absolute atomic E-state index is 0.315. The van der Waals surface area contributed by atoms with Crippen LogP contribution in [0, 0.1) is 5.92 Å². The molecule has 1 heterocycles. The van der Waals surface area contributed by atoms with Crippen molar-refractivity contribution in [1.82, 2.24) is 9.97 Å². The number of nitrogens with zero attached hydrogens (tertiary/aromatic N) is 2. The van der Waals surface area contributed by atoms with E-state index < -0.39 is 0 Å². The van der Waals surface area contributed by atoms with Crippen LogP contribution in [0.15, 0.2) is 6.07 Å². The van der Waals surface area contributed by atoms with E-state index in [1.54, 1.807) is 7.11 Å². The van der Waals surface area contributed by atoms with Crippen LogP contribution in [0.1, 0.15) is 32.5 Å². The molecule has 2 N–H and O–H groups in total. The van der Waals surface area contributed by atoms with Gasteiger partial charge in [0, 0.05) is 32.7 Å². The van der Waals surface area contributed by atoms with E-state index in [2.05, 4.69) is 41.4 Å².